The number of anilines is 1. The van der Waals surface area contributed by atoms with E-state index in [4.69, 9.17) is 0 Å². The average Bonchev–Trinajstić information content (AvgIpc) is 2.05. The summed E-state index contributed by atoms with van der Waals surface area (Å²) in [5, 5.41) is 3.23. The summed E-state index contributed by atoms with van der Waals surface area (Å²) >= 11 is 0. The summed E-state index contributed by atoms with van der Waals surface area (Å²) < 4.78 is 0. The SMILES string of the molecule is C=C=CCNc1cccc(C)c1. The molecule has 12 heavy (non-hydrogen) atoms. The van der Waals surface area contributed by atoms with Crippen LogP contribution < -0.4 is 5.32 Å². The molecule has 1 aromatic carbocycles. The molecule has 0 aliphatic carbocycles. The summed E-state index contributed by atoms with van der Waals surface area (Å²) in [5.41, 5.74) is 5.12. The first-order valence-corrected chi connectivity index (χ1v) is 3.98. The minimum Gasteiger partial charge on any atom is -0.381 e. The molecular weight excluding hydrogens is 146 g/mol. The summed E-state index contributed by atoms with van der Waals surface area (Å²) in [5.74, 6) is 0. The van der Waals surface area contributed by atoms with Gasteiger partial charge < -0.3 is 5.32 Å². The summed E-state index contributed by atoms with van der Waals surface area (Å²) in [7, 11) is 0. The Labute approximate surface area is 73.4 Å². The van der Waals surface area contributed by atoms with Crippen LogP contribution in [0.15, 0.2) is 42.7 Å². The van der Waals surface area contributed by atoms with E-state index in [0.717, 1.165) is 12.2 Å². The van der Waals surface area contributed by atoms with Gasteiger partial charge in [-0.25, -0.2) is 0 Å². The van der Waals surface area contributed by atoms with Crippen molar-refractivity contribution >= 4 is 5.69 Å². The van der Waals surface area contributed by atoms with Crippen LogP contribution in [0.4, 0.5) is 5.69 Å². The van der Waals surface area contributed by atoms with Gasteiger partial charge in [0.25, 0.3) is 0 Å². The van der Waals surface area contributed by atoms with Gasteiger partial charge in [-0.05, 0) is 30.7 Å². The fourth-order valence-electron chi connectivity index (χ4n) is 0.996. The second-order valence-electron chi connectivity index (χ2n) is 2.66. The fourth-order valence-corrected chi connectivity index (χ4v) is 0.996. The van der Waals surface area contributed by atoms with E-state index in [1.165, 1.54) is 5.56 Å². The Kier molecular flexibility index (Phi) is 3.18. The van der Waals surface area contributed by atoms with Crippen molar-refractivity contribution in [3.63, 3.8) is 0 Å². The number of hydrogen-bond acceptors (Lipinski definition) is 1. The van der Waals surface area contributed by atoms with E-state index in [0.29, 0.717) is 0 Å². The molecule has 0 atom stereocenters. The quantitative estimate of drug-likeness (QED) is 0.669. The van der Waals surface area contributed by atoms with Crippen LogP contribution in [0, 0.1) is 6.92 Å². The van der Waals surface area contributed by atoms with E-state index in [1.807, 2.05) is 18.2 Å². The van der Waals surface area contributed by atoms with Crippen molar-refractivity contribution in [1.29, 1.82) is 0 Å². The maximum Gasteiger partial charge on any atom is 0.0405 e. The Balaban J connectivity index is 2.57. The number of benzene rings is 1. The summed E-state index contributed by atoms with van der Waals surface area (Å²) in [6, 6.07) is 8.27. The summed E-state index contributed by atoms with van der Waals surface area (Å²) in [6.45, 7) is 6.35. The maximum atomic E-state index is 3.49. The molecule has 0 saturated carbocycles. The molecule has 1 heteroatoms. The molecule has 62 valence electrons. The number of aryl methyl sites for hydroxylation is 1. The van der Waals surface area contributed by atoms with Crippen molar-refractivity contribution in [1.82, 2.24) is 0 Å². The molecule has 0 amide bonds. The van der Waals surface area contributed by atoms with Crippen LogP contribution in [0.5, 0.6) is 0 Å². The Morgan fingerprint density at radius 3 is 3.08 bits per heavy atom. The highest BCUT2D eigenvalue weighted by Gasteiger charge is 1.88. The molecular formula is C11H13N. The molecule has 0 heterocycles. The van der Waals surface area contributed by atoms with E-state index >= 15 is 0 Å². The molecule has 0 saturated heterocycles. The predicted octanol–water partition coefficient (Wildman–Crippen LogP) is 2.75. The highest BCUT2D eigenvalue weighted by atomic mass is 14.8. The monoisotopic (exact) mass is 159 g/mol. The van der Waals surface area contributed by atoms with Gasteiger partial charge in [0.15, 0.2) is 0 Å². The molecule has 1 N–H and O–H groups in total. The van der Waals surface area contributed by atoms with Gasteiger partial charge in [0.2, 0.25) is 0 Å². The van der Waals surface area contributed by atoms with E-state index in [2.05, 4.69) is 36.7 Å². The van der Waals surface area contributed by atoms with Gasteiger partial charge in [0.05, 0.1) is 0 Å². The second kappa shape index (κ2) is 4.42. The lowest BCUT2D eigenvalue weighted by Crippen LogP contribution is -1.97. The maximum absolute atomic E-state index is 3.49. The highest BCUT2D eigenvalue weighted by Crippen LogP contribution is 2.08. The topological polar surface area (TPSA) is 12.0 Å². The molecule has 0 aliphatic rings. The van der Waals surface area contributed by atoms with Crippen LogP contribution >= 0.6 is 0 Å². The molecule has 1 aromatic rings. The third-order valence-corrected chi connectivity index (χ3v) is 1.57. The van der Waals surface area contributed by atoms with Gasteiger partial charge in [-0.2, -0.15) is 0 Å². The van der Waals surface area contributed by atoms with Gasteiger partial charge in [-0.15, -0.1) is 5.73 Å². The largest absolute Gasteiger partial charge is 0.381 e. The highest BCUT2D eigenvalue weighted by molar-refractivity contribution is 5.45. The Hall–Kier alpha value is -1.46. The van der Waals surface area contributed by atoms with Crippen LogP contribution in [-0.4, -0.2) is 6.54 Å². The number of nitrogens with one attached hydrogen (secondary N) is 1. The lowest BCUT2D eigenvalue weighted by Gasteiger charge is -2.02. The third-order valence-electron chi connectivity index (χ3n) is 1.57. The van der Waals surface area contributed by atoms with Crippen molar-refractivity contribution < 1.29 is 0 Å². The van der Waals surface area contributed by atoms with Crippen LogP contribution in [0.2, 0.25) is 0 Å². The van der Waals surface area contributed by atoms with E-state index < -0.39 is 0 Å². The van der Waals surface area contributed by atoms with Crippen molar-refractivity contribution in [2.24, 2.45) is 0 Å². The lowest BCUT2D eigenvalue weighted by atomic mass is 10.2. The molecule has 0 bridgehead atoms. The van der Waals surface area contributed by atoms with Crippen LogP contribution in [0.3, 0.4) is 0 Å². The summed E-state index contributed by atoms with van der Waals surface area (Å²) in [4.78, 5) is 0. The molecule has 0 fully saturated rings. The van der Waals surface area contributed by atoms with Gasteiger partial charge in [0, 0.05) is 12.2 Å². The van der Waals surface area contributed by atoms with Crippen LogP contribution in [0.25, 0.3) is 0 Å². The molecule has 0 radical (unpaired) electrons. The van der Waals surface area contributed by atoms with Crippen molar-refractivity contribution in [3.05, 3.63) is 48.2 Å². The van der Waals surface area contributed by atoms with Crippen molar-refractivity contribution in [2.75, 3.05) is 11.9 Å². The second-order valence-corrected chi connectivity index (χ2v) is 2.66. The van der Waals surface area contributed by atoms with Crippen molar-refractivity contribution in [3.8, 4) is 0 Å². The van der Waals surface area contributed by atoms with Gasteiger partial charge >= 0.3 is 0 Å². The predicted molar refractivity (Wildman–Crippen MR) is 53.4 cm³/mol. The molecule has 0 unspecified atom stereocenters. The van der Waals surface area contributed by atoms with E-state index in [1.54, 1.807) is 0 Å². The Bertz CT molecular complexity index is 296. The standard InChI is InChI=1S/C11H13N/c1-3-4-8-12-11-7-5-6-10(2)9-11/h4-7,9,12H,1,8H2,2H3. The van der Waals surface area contributed by atoms with Crippen LogP contribution in [0.1, 0.15) is 5.56 Å². The third kappa shape index (κ3) is 2.65. The van der Waals surface area contributed by atoms with Crippen molar-refractivity contribution in [2.45, 2.75) is 6.92 Å². The fraction of sp³-hybridized carbons (Fsp3) is 0.182. The molecule has 0 aromatic heterocycles. The van der Waals surface area contributed by atoms with Gasteiger partial charge in [-0.1, -0.05) is 18.7 Å². The zero-order valence-electron chi connectivity index (χ0n) is 7.30. The van der Waals surface area contributed by atoms with E-state index in [9.17, 15) is 0 Å². The Morgan fingerprint density at radius 1 is 1.58 bits per heavy atom. The molecule has 1 nitrogen and oxygen atoms in total. The average molecular weight is 159 g/mol. The first-order chi connectivity index (χ1) is 5.83. The Morgan fingerprint density at radius 2 is 2.42 bits per heavy atom. The molecule has 0 aliphatic heterocycles. The first-order valence-electron chi connectivity index (χ1n) is 3.98. The van der Waals surface area contributed by atoms with E-state index in [-0.39, 0.29) is 0 Å². The number of rotatable bonds is 3. The molecule has 0 spiro atoms. The zero-order valence-corrected chi connectivity index (χ0v) is 7.30. The summed E-state index contributed by atoms with van der Waals surface area (Å²) in [6.07, 6.45) is 1.86. The van der Waals surface area contributed by atoms with Gasteiger partial charge in [-0.3, -0.25) is 0 Å². The van der Waals surface area contributed by atoms with Crippen LogP contribution in [-0.2, 0) is 0 Å². The number of hydrogen-bond donors (Lipinski definition) is 1. The smallest absolute Gasteiger partial charge is 0.0405 e. The minimum atomic E-state index is 0.785. The minimum absolute atomic E-state index is 0.785. The zero-order chi connectivity index (χ0) is 8.81. The first kappa shape index (κ1) is 8.63. The van der Waals surface area contributed by atoms with Gasteiger partial charge in [0.1, 0.15) is 0 Å². The molecule has 1 rings (SSSR count). The normalized spacial score (nSPS) is 8.75. The lowest BCUT2D eigenvalue weighted by molar-refractivity contribution is 1.32.